The number of carbonyl (C=O) groups is 1. The van der Waals surface area contributed by atoms with Gasteiger partial charge in [0.05, 0.1) is 17.3 Å². The fourth-order valence-corrected chi connectivity index (χ4v) is 2.16. The predicted octanol–water partition coefficient (Wildman–Crippen LogP) is 0.665. The van der Waals surface area contributed by atoms with E-state index in [1.807, 2.05) is 27.1 Å². The number of rotatable bonds is 2. The number of aryl methyl sites for hydroxylation is 2. The lowest BCUT2D eigenvalue weighted by Gasteiger charge is -2.14. The van der Waals surface area contributed by atoms with E-state index in [-0.39, 0.29) is 17.9 Å². The van der Waals surface area contributed by atoms with E-state index in [1.54, 1.807) is 4.68 Å². The number of hydrogen-bond acceptors (Lipinski definition) is 3. The molecule has 2 heterocycles. The number of aromatic nitrogens is 2. The molecule has 0 aromatic carbocycles. The molecule has 0 radical (unpaired) electrons. The van der Waals surface area contributed by atoms with Gasteiger partial charge < -0.3 is 10.6 Å². The molecule has 88 valence electrons. The lowest BCUT2D eigenvalue weighted by molar-refractivity contribution is -0.120. The van der Waals surface area contributed by atoms with Crippen molar-refractivity contribution in [3.63, 3.8) is 0 Å². The zero-order valence-electron chi connectivity index (χ0n) is 9.95. The van der Waals surface area contributed by atoms with Crippen LogP contribution in [0.2, 0.25) is 0 Å². The topological polar surface area (TPSA) is 59.0 Å². The molecule has 1 saturated heterocycles. The monoisotopic (exact) mass is 222 g/mol. The molecule has 2 atom stereocenters. The minimum atomic E-state index is 0.0691. The molecule has 1 aliphatic heterocycles. The van der Waals surface area contributed by atoms with Crippen LogP contribution in [0.1, 0.15) is 19.0 Å². The average Bonchev–Trinajstić information content (AvgIpc) is 2.74. The molecule has 1 aromatic heterocycles. The molecule has 2 N–H and O–H groups in total. The Kier molecular flexibility index (Phi) is 2.96. The summed E-state index contributed by atoms with van der Waals surface area (Å²) in [4.78, 5) is 12.0. The van der Waals surface area contributed by atoms with Crippen LogP contribution in [-0.4, -0.2) is 28.3 Å². The number of nitrogens with one attached hydrogen (secondary N) is 2. The molecule has 0 bridgehead atoms. The second kappa shape index (κ2) is 4.25. The Bertz CT molecular complexity index is 399. The van der Waals surface area contributed by atoms with Gasteiger partial charge in [-0.3, -0.25) is 9.48 Å². The Balaban J connectivity index is 2.04. The highest BCUT2D eigenvalue weighted by atomic mass is 16.2. The number of anilines is 1. The first kappa shape index (κ1) is 11.1. The quantitative estimate of drug-likeness (QED) is 0.773. The molecule has 1 amide bonds. The first-order valence-corrected chi connectivity index (χ1v) is 5.62. The van der Waals surface area contributed by atoms with Crippen LogP contribution in [0.5, 0.6) is 0 Å². The molecule has 16 heavy (non-hydrogen) atoms. The van der Waals surface area contributed by atoms with Gasteiger partial charge in [0.15, 0.2) is 0 Å². The highest BCUT2D eigenvalue weighted by Crippen LogP contribution is 2.19. The van der Waals surface area contributed by atoms with Gasteiger partial charge in [0.2, 0.25) is 5.91 Å². The van der Waals surface area contributed by atoms with Crippen LogP contribution < -0.4 is 10.6 Å². The van der Waals surface area contributed by atoms with E-state index in [9.17, 15) is 4.79 Å². The summed E-state index contributed by atoms with van der Waals surface area (Å²) in [7, 11) is 1.85. The summed E-state index contributed by atoms with van der Waals surface area (Å²) in [5.41, 5.74) is 1.67. The van der Waals surface area contributed by atoms with Crippen molar-refractivity contribution in [1.82, 2.24) is 15.1 Å². The molecule has 0 saturated carbocycles. The standard InChI is InChI=1S/C11H18N4O/c1-7-9(4-5-12-7)11(16)13-10-6-15(3)14-8(10)2/h6-7,9,12H,4-5H2,1-3H3,(H,13,16). The van der Waals surface area contributed by atoms with E-state index in [2.05, 4.69) is 15.7 Å². The summed E-state index contributed by atoms with van der Waals surface area (Å²) < 4.78 is 1.71. The number of amides is 1. The van der Waals surface area contributed by atoms with Gasteiger partial charge in [-0.15, -0.1) is 0 Å². The lowest BCUT2D eigenvalue weighted by Crippen LogP contribution is -2.32. The zero-order chi connectivity index (χ0) is 11.7. The fraction of sp³-hybridized carbons (Fsp3) is 0.636. The maximum Gasteiger partial charge on any atom is 0.229 e. The van der Waals surface area contributed by atoms with Crippen LogP contribution in [0.25, 0.3) is 0 Å². The normalized spacial score (nSPS) is 24.7. The van der Waals surface area contributed by atoms with E-state index in [1.165, 1.54) is 0 Å². The van der Waals surface area contributed by atoms with Crippen LogP contribution in [-0.2, 0) is 11.8 Å². The summed E-state index contributed by atoms with van der Waals surface area (Å²) in [5, 5.41) is 10.4. The molecule has 2 unspecified atom stereocenters. The number of carbonyl (C=O) groups excluding carboxylic acids is 1. The number of nitrogens with zero attached hydrogens (tertiary/aromatic N) is 2. The van der Waals surface area contributed by atoms with Crippen molar-refractivity contribution in [2.75, 3.05) is 11.9 Å². The Morgan fingerprint density at radius 3 is 2.94 bits per heavy atom. The Morgan fingerprint density at radius 2 is 2.44 bits per heavy atom. The average molecular weight is 222 g/mol. The van der Waals surface area contributed by atoms with Crippen LogP contribution in [0.3, 0.4) is 0 Å². The van der Waals surface area contributed by atoms with Crippen LogP contribution in [0.15, 0.2) is 6.20 Å². The molecule has 0 aliphatic carbocycles. The van der Waals surface area contributed by atoms with Crippen molar-refractivity contribution in [2.24, 2.45) is 13.0 Å². The summed E-state index contributed by atoms with van der Waals surface area (Å²) in [6, 6.07) is 0.261. The molecular weight excluding hydrogens is 204 g/mol. The predicted molar refractivity (Wildman–Crippen MR) is 62.1 cm³/mol. The Morgan fingerprint density at radius 1 is 1.69 bits per heavy atom. The van der Waals surface area contributed by atoms with Crippen molar-refractivity contribution in [3.8, 4) is 0 Å². The minimum absolute atomic E-state index is 0.0691. The van der Waals surface area contributed by atoms with Gasteiger partial charge in [-0.1, -0.05) is 0 Å². The molecule has 1 aliphatic rings. The zero-order valence-corrected chi connectivity index (χ0v) is 9.95. The Labute approximate surface area is 95.2 Å². The van der Waals surface area contributed by atoms with Gasteiger partial charge in [0.25, 0.3) is 0 Å². The van der Waals surface area contributed by atoms with Gasteiger partial charge >= 0.3 is 0 Å². The molecule has 5 nitrogen and oxygen atoms in total. The summed E-state index contributed by atoms with van der Waals surface area (Å²) in [6.45, 7) is 4.87. The van der Waals surface area contributed by atoms with Crippen molar-refractivity contribution in [2.45, 2.75) is 26.3 Å². The lowest BCUT2D eigenvalue weighted by atomic mass is 10.0. The molecular formula is C11H18N4O. The second-order valence-electron chi connectivity index (χ2n) is 4.43. The number of hydrogen-bond donors (Lipinski definition) is 2. The van der Waals surface area contributed by atoms with Crippen LogP contribution in [0, 0.1) is 12.8 Å². The second-order valence-corrected chi connectivity index (χ2v) is 4.43. The highest BCUT2D eigenvalue weighted by Gasteiger charge is 2.29. The van der Waals surface area contributed by atoms with Gasteiger partial charge in [0.1, 0.15) is 0 Å². The third-order valence-electron chi connectivity index (χ3n) is 3.13. The van der Waals surface area contributed by atoms with E-state index >= 15 is 0 Å². The SMILES string of the molecule is Cc1nn(C)cc1NC(=O)C1CCNC1C. The molecule has 5 heteroatoms. The van der Waals surface area contributed by atoms with Crippen molar-refractivity contribution >= 4 is 11.6 Å². The molecule has 1 fully saturated rings. The van der Waals surface area contributed by atoms with Crippen molar-refractivity contribution in [3.05, 3.63) is 11.9 Å². The van der Waals surface area contributed by atoms with E-state index in [0.717, 1.165) is 24.3 Å². The summed E-state index contributed by atoms with van der Waals surface area (Å²) in [5.74, 6) is 0.160. The van der Waals surface area contributed by atoms with E-state index < -0.39 is 0 Å². The third kappa shape index (κ3) is 2.09. The van der Waals surface area contributed by atoms with Crippen LogP contribution >= 0.6 is 0 Å². The van der Waals surface area contributed by atoms with Gasteiger partial charge in [-0.25, -0.2) is 0 Å². The Hall–Kier alpha value is -1.36. The summed E-state index contributed by atoms with van der Waals surface area (Å²) >= 11 is 0. The van der Waals surface area contributed by atoms with Crippen molar-refractivity contribution in [1.29, 1.82) is 0 Å². The van der Waals surface area contributed by atoms with Gasteiger partial charge in [-0.05, 0) is 26.8 Å². The maximum atomic E-state index is 12.0. The van der Waals surface area contributed by atoms with Gasteiger partial charge in [-0.2, -0.15) is 5.10 Å². The fourth-order valence-electron chi connectivity index (χ4n) is 2.16. The molecule has 0 spiro atoms. The first-order chi connectivity index (χ1) is 7.58. The highest BCUT2D eigenvalue weighted by molar-refractivity contribution is 5.93. The third-order valence-corrected chi connectivity index (χ3v) is 3.13. The van der Waals surface area contributed by atoms with Crippen molar-refractivity contribution < 1.29 is 4.79 Å². The van der Waals surface area contributed by atoms with E-state index in [4.69, 9.17) is 0 Å². The largest absolute Gasteiger partial charge is 0.323 e. The first-order valence-electron chi connectivity index (χ1n) is 5.62. The maximum absolute atomic E-state index is 12.0. The summed E-state index contributed by atoms with van der Waals surface area (Å²) in [6.07, 6.45) is 2.74. The van der Waals surface area contributed by atoms with Gasteiger partial charge in [0, 0.05) is 19.3 Å². The molecule has 2 rings (SSSR count). The smallest absolute Gasteiger partial charge is 0.229 e. The minimum Gasteiger partial charge on any atom is -0.323 e. The van der Waals surface area contributed by atoms with E-state index in [0.29, 0.717) is 0 Å². The molecule has 1 aromatic rings. The van der Waals surface area contributed by atoms with Crippen LogP contribution in [0.4, 0.5) is 5.69 Å².